The lowest BCUT2D eigenvalue weighted by molar-refractivity contribution is -0.132. The average molecular weight is 397 g/mol. The number of esters is 2. The number of para-hydroxylation sites is 1. The lowest BCUT2D eigenvalue weighted by atomic mass is 10.1. The summed E-state index contributed by atoms with van der Waals surface area (Å²) in [5.74, 6) is 0.0579. The van der Waals surface area contributed by atoms with Gasteiger partial charge in [0.1, 0.15) is 11.5 Å². The molecule has 3 rings (SSSR count). The van der Waals surface area contributed by atoms with Gasteiger partial charge in [-0.3, -0.25) is 4.79 Å². The van der Waals surface area contributed by atoms with E-state index < -0.39 is 11.9 Å². The second kappa shape index (κ2) is 8.15. The maximum atomic E-state index is 12.2. The van der Waals surface area contributed by atoms with Gasteiger partial charge in [0.2, 0.25) is 0 Å². The van der Waals surface area contributed by atoms with Crippen LogP contribution in [0.1, 0.15) is 13.8 Å². The van der Waals surface area contributed by atoms with E-state index in [-0.39, 0.29) is 22.8 Å². The van der Waals surface area contributed by atoms with Crippen LogP contribution in [0.25, 0.3) is 10.8 Å². The summed E-state index contributed by atoms with van der Waals surface area (Å²) in [5, 5.41) is 1.45. The van der Waals surface area contributed by atoms with Crippen molar-refractivity contribution in [1.82, 2.24) is 0 Å². The molecule has 0 fully saturated rings. The highest BCUT2D eigenvalue weighted by atomic mass is 35.5. The number of carbonyl (C=O) groups is 2. The van der Waals surface area contributed by atoms with Crippen LogP contribution in [-0.2, 0) is 9.59 Å². The van der Waals surface area contributed by atoms with Crippen molar-refractivity contribution in [1.29, 1.82) is 0 Å². The van der Waals surface area contributed by atoms with Crippen molar-refractivity contribution in [3.8, 4) is 23.0 Å². The molecule has 0 aromatic heterocycles. The molecule has 0 spiro atoms. The zero-order valence-corrected chi connectivity index (χ0v) is 16.1. The summed E-state index contributed by atoms with van der Waals surface area (Å²) < 4.78 is 16.8. The minimum absolute atomic E-state index is 0.180. The molecule has 0 bridgehead atoms. The zero-order chi connectivity index (χ0) is 20.3. The van der Waals surface area contributed by atoms with E-state index in [2.05, 4.69) is 6.58 Å². The largest absolute Gasteiger partial charge is 0.453 e. The zero-order valence-electron chi connectivity index (χ0n) is 15.3. The molecule has 0 N–H and O–H groups in total. The highest BCUT2D eigenvalue weighted by molar-refractivity contribution is 6.31. The first kappa shape index (κ1) is 19.5. The first-order valence-corrected chi connectivity index (χ1v) is 8.78. The normalized spacial score (nSPS) is 10.4. The van der Waals surface area contributed by atoms with E-state index in [1.165, 1.54) is 13.0 Å². The molecular weight excluding hydrogens is 380 g/mol. The summed E-state index contributed by atoms with van der Waals surface area (Å²) in [6.07, 6.45) is 0. The number of rotatable bonds is 5. The summed E-state index contributed by atoms with van der Waals surface area (Å²) in [7, 11) is 0. The third-order valence-corrected chi connectivity index (χ3v) is 3.98. The Morgan fingerprint density at radius 3 is 2.25 bits per heavy atom. The van der Waals surface area contributed by atoms with E-state index in [1.54, 1.807) is 37.3 Å². The van der Waals surface area contributed by atoms with Gasteiger partial charge >= 0.3 is 11.9 Å². The Morgan fingerprint density at radius 1 is 0.893 bits per heavy atom. The Balaban J connectivity index is 2.24. The molecule has 0 heterocycles. The van der Waals surface area contributed by atoms with Crippen LogP contribution in [0.15, 0.2) is 66.7 Å². The third kappa shape index (κ3) is 4.32. The fraction of sp³-hybridized carbons (Fsp3) is 0.0909. The highest BCUT2D eigenvalue weighted by Crippen LogP contribution is 2.44. The van der Waals surface area contributed by atoms with E-state index in [4.69, 9.17) is 25.8 Å². The van der Waals surface area contributed by atoms with Gasteiger partial charge in [-0.1, -0.05) is 36.4 Å². The van der Waals surface area contributed by atoms with Crippen LogP contribution in [0.5, 0.6) is 23.0 Å². The van der Waals surface area contributed by atoms with Crippen molar-refractivity contribution >= 4 is 34.3 Å². The molecule has 0 atom stereocenters. The van der Waals surface area contributed by atoms with E-state index >= 15 is 0 Å². The van der Waals surface area contributed by atoms with Crippen LogP contribution in [0, 0.1) is 0 Å². The molecule has 28 heavy (non-hydrogen) atoms. The molecule has 5 nitrogen and oxygen atoms in total. The van der Waals surface area contributed by atoms with Crippen LogP contribution in [-0.4, -0.2) is 11.9 Å². The summed E-state index contributed by atoms with van der Waals surface area (Å²) in [6.45, 7) is 6.45. The van der Waals surface area contributed by atoms with Crippen molar-refractivity contribution in [2.45, 2.75) is 13.8 Å². The molecule has 142 valence electrons. The number of benzene rings is 3. The Labute approximate surface area is 167 Å². The molecule has 3 aromatic rings. The smallest absolute Gasteiger partial charge is 0.338 e. The van der Waals surface area contributed by atoms with E-state index in [0.29, 0.717) is 21.5 Å². The molecule has 6 heteroatoms. The van der Waals surface area contributed by atoms with Crippen LogP contribution in [0.3, 0.4) is 0 Å². The third-order valence-electron chi connectivity index (χ3n) is 3.75. The van der Waals surface area contributed by atoms with E-state index in [0.717, 1.165) is 0 Å². The van der Waals surface area contributed by atoms with Crippen LogP contribution >= 0.6 is 11.6 Å². The first-order chi connectivity index (χ1) is 13.3. The predicted octanol–water partition coefficient (Wildman–Crippen LogP) is 5.69. The molecule has 0 unspecified atom stereocenters. The van der Waals surface area contributed by atoms with Crippen LogP contribution < -0.4 is 14.2 Å². The minimum atomic E-state index is -0.602. The monoisotopic (exact) mass is 396 g/mol. The predicted molar refractivity (Wildman–Crippen MR) is 107 cm³/mol. The molecule has 0 aliphatic heterocycles. The number of ether oxygens (including phenoxy) is 3. The van der Waals surface area contributed by atoms with Crippen molar-refractivity contribution in [3.63, 3.8) is 0 Å². The van der Waals surface area contributed by atoms with Gasteiger partial charge in [0.05, 0.1) is 0 Å². The first-order valence-electron chi connectivity index (χ1n) is 8.40. The molecule has 0 saturated heterocycles. The maximum Gasteiger partial charge on any atom is 0.338 e. The summed E-state index contributed by atoms with van der Waals surface area (Å²) in [5.41, 5.74) is 0.233. The van der Waals surface area contributed by atoms with Gasteiger partial charge < -0.3 is 14.2 Å². The number of fused-ring (bicyclic) bond motifs is 1. The van der Waals surface area contributed by atoms with Gasteiger partial charge in [0.15, 0.2) is 11.5 Å². The van der Waals surface area contributed by atoms with Crippen LogP contribution in [0.2, 0.25) is 5.02 Å². The molecule has 0 aliphatic carbocycles. The van der Waals surface area contributed by atoms with Gasteiger partial charge in [-0.25, -0.2) is 4.79 Å². The quantitative estimate of drug-likeness (QED) is 0.315. The molecular formula is C22H17ClO5. The average Bonchev–Trinajstić information content (AvgIpc) is 2.64. The van der Waals surface area contributed by atoms with E-state index in [1.807, 2.05) is 18.2 Å². The number of carbonyl (C=O) groups excluding carboxylic acids is 2. The summed E-state index contributed by atoms with van der Waals surface area (Å²) in [4.78, 5) is 23.8. The second-order valence-electron chi connectivity index (χ2n) is 6.07. The Hall–Kier alpha value is -3.31. The van der Waals surface area contributed by atoms with Crippen molar-refractivity contribution in [3.05, 3.63) is 71.8 Å². The fourth-order valence-corrected chi connectivity index (χ4v) is 2.70. The molecule has 0 amide bonds. The SMILES string of the molecule is C=C(C)C(=O)Oc1c(Oc2ccccc2)cc(OC(C)=O)c2cc(Cl)ccc12. The molecule has 0 saturated carbocycles. The fourth-order valence-electron chi connectivity index (χ4n) is 2.53. The second-order valence-corrected chi connectivity index (χ2v) is 6.51. The number of halogens is 1. The Bertz CT molecular complexity index is 1070. The number of hydrogen-bond donors (Lipinski definition) is 0. The molecule has 3 aromatic carbocycles. The maximum absolute atomic E-state index is 12.2. The van der Waals surface area contributed by atoms with Crippen LogP contribution in [0.4, 0.5) is 0 Å². The lowest BCUT2D eigenvalue weighted by Gasteiger charge is -2.17. The topological polar surface area (TPSA) is 61.8 Å². The Kier molecular flexibility index (Phi) is 5.66. The molecule has 0 aliphatic rings. The van der Waals surface area contributed by atoms with Gasteiger partial charge in [-0.2, -0.15) is 0 Å². The van der Waals surface area contributed by atoms with E-state index in [9.17, 15) is 9.59 Å². The lowest BCUT2D eigenvalue weighted by Crippen LogP contribution is -2.10. The number of hydrogen-bond acceptors (Lipinski definition) is 5. The van der Waals surface area contributed by atoms with Gasteiger partial charge in [-0.05, 0) is 37.3 Å². The van der Waals surface area contributed by atoms with Crippen molar-refractivity contribution in [2.75, 3.05) is 0 Å². The standard InChI is InChI=1S/C22H17ClO5/c1-13(2)22(25)28-21-17-10-9-15(23)11-18(17)19(26-14(3)24)12-20(21)27-16-7-5-4-6-8-16/h4-12H,1H2,2-3H3. The van der Waals surface area contributed by atoms with Crippen molar-refractivity contribution in [2.24, 2.45) is 0 Å². The van der Waals surface area contributed by atoms with Gasteiger partial charge in [-0.15, -0.1) is 0 Å². The van der Waals surface area contributed by atoms with Gasteiger partial charge in [0.25, 0.3) is 0 Å². The summed E-state index contributed by atoms with van der Waals surface area (Å²) in [6, 6.07) is 15.4. The Morgan fingerprint density at radius 2 is 1.61 bits per heavy atom. The minimum Gasteiger partial charge on any atom is -0.453 e. The van der Waals surface area contributed by atoms with Gasteiger partial charge in [0, 0.05) is 34.4 Å². The summed E-state index contributed by atoms with van der Waals surface area (Å²) >= 11 is 6.11. The van der Waals surface area contributed by atoms with Crippen molar-refractivity contribution < 1.29 is 23.8 Å². The molecule has 0 radical (unpaired) electrons. The highest BCUT2D eigenvalue weighted by Gasteiger charge is 2.20.